The molecule has 0 radical (unpaired) electrons. The van der Waals surface area contributed by atoms with Crippen molar-refractivity contribution >= 4 is 16.9 Å². The first-order valence-corrected chi connectivity index (χ1v) is 11.7. The minimum Gasteiger partial charge on any atom is -0.490 e. The van der Waals surface area contributed by atoms with Gasteiger partial charge in [-0.25, -0.2) is 4.98 Å². The summed E-state index contributed by atoms with van der Waals surface area (Å²) in [4.78, 5) is 8.70. The van der Waals surface area contributed by atoms with E-state index in [9.17, 15) is 0 Å². The predicted octanol–water partition coefficient (Wildman–Crippen LogP) is 6.91. The van der Waals surface area contributed by atoms with Gasteiger partial charge in [-0.1, -0.05) is 78.1 Å². The number of benzene rings is 1. The third kappa shape index (κ3) is 8.74. The molecule has 1 heterocycles. The normalized spacial score (nSPS) is 11.0. The van der Waals surface area contributed by atoms with Gasteiger partial charge in [0.25, 0.3) is 0 Å². The Balaban J connectivity index is 1.93. The minimum absolute atomic E-state index is 0.310. The first-order chi connectivity index (χ1) is 14.8. The summed E-state index contributed by atoms with van der Waals surface area (Å²) in [7, 11) is 0. The molecule has 0 aliphatic heterocycles. The molecule has 0 aliphatic carbocycles. The standard InChI is InChI=1S/C24H39N3O3/c1-3-5-7-9-11-13-15-29-22-17-20-21(26-24(27-28)19-25-20)18-23(22)30-16-14-12-10-8-6-4-2/h17-19,28H,3-16H2,1-2H3,(H,26,27). The minimum atomic E-state index is 0.310. The lowest BCUT2D eigenvalue weighted by molar-refractivity contribution is 0.259. The number of nitrogens with zero attached hydrogens (tertiary/aromatic N) is 2. The summed E-state index contributed by atoms with van der Waals surface area (Å²) in [5.41, 5.74) is 3.43. The molecular formula is C24H39N3O3. The third-order valence-corrected chi connectivity index (χ3v) is 5.23. The molecule has 0 atom stereocenters. The fraction of sp³-hybridized carbons (Fsp3) is 0.667. The van der Waals surface area contributed by atoms with Gasteiger partial charge in [0, 0.05) is 12.1 Å². The number of unbranched alkanes of at least 4 members (excludes halogenated alkanes) is 10. The Morgan fingerprint density at radius 1 is 0.733 bits per heavy atom. The van der Waals surface area contributed by atoms with E-state index in [1.165, 1.54) is 70.4 Å². The van der Waals surface area contributed by atoms with Crippen molar-refractivity contribution in [3.05, 3.63) is 18.3 Å². The molecule has 0 unspecified atom stereocenters. The van der Waals surface area contributed by atoms with Gasteiger partial charge >= 0.3 is 0 Å². The van der Waals surface area contributed by atoms with Crippen molar-refractivity contribution in [2.24, 2.45) is 0 Å². The SMILES string of the molecule is CCCCCCCCOc1cc2ncc(NO)nc2cc1OCCCCCCCC. The molecular weight excluding hydrogens is 378 g/mol. The van der Waals surface area contributed by atoms with Crippen LogP contribution in [0.3, 0.4) is 0 Å². The fourth-order valence-corrected chi connectivity index (χ4v) is 3.43. The maximum atomic E-state index is 9.10. The Bertz CT molecular complexity index is 724. The number of fused-ring (bicyclic) bond motifs is 1. The molecule has 0 bridgehead atoms. The highest BCUT2D eigenvalue weighted by Crippen LogP contribution is 2.32. The summed E-state index contributed by atoms with van der Waals surface area (Å²) in [6, 6.07) is 3.74. The van der Waals surface area contributed by atoms with Crippen molar-refractivity contribution in [2.75, 3.05) is 18.7 Å². The van der Waals surface area contributed by atoms with Gasteiger partial charge in [-0.2, -0.15) is 0 Å². The highest BCUT2D eigenvalue weighted by atomic mass is 16.5. The molecule has 0 fully saturated rings. The third-order valence-electron chi connectivity index (χ3n) is 5.23. The lowest BCUT2D eigenvalue weighted by Crippen LogP contribution is -2.04. The number of anilines is 1. The van der Waals surface area contributed by atoms with Crippen LogP contribution in [-0.2, 0) is 0 Å². The Kier molecular flexibility index (Phi) is 12.0. The number of hydrogen-bond donors (Lipinski definition) is 2. The summed E-state index contributed by atoms with van der Waals surface area (Å²) < 4.78 is 12.1. The van der Waals surface area contributed by atoms with E-state index in [4.69, 9.17) is 14.7 Å². The zero-order valence-corrected chi connectivity index (χ0v) is 18.8. The number of ether oxygens (including phenoxy) is 2. The molecule has 0 aliphatic rings. The highest BCUT2D eigenvalue weighted by Gasteiger charge is 2.11. The first-order valence-electron chi connectivity index (χ1n) is 11.7. The van der Waals surface area contributed by atoms with E-state index in [0.29, 0.717) is 30.3 Å². The van der Waals surface area contributed by atoms with Crippen LogP contribution in [0.4, 0.5) is 5.82 Å². The second-order valence-corrected chi connectivity index (χ2v) is 7.89. The summed E-state index contributed by atoms with van der Waals surface area (Å²) in [6.07, 6.45) is 16.2. The highest BCUT2D eigenvalue weighted by molar-refractivity contribution is 5.80. The van der Waals surface area contributed by atoms with E-state index in [2.05, 4.69) is 23.8 Å². The van der Waals surface area contributed by atoms with Crippen LogP contribution in [-0.4, -0.2) is 28.4 Å². The Morgan fingerprint density at radius 3 is 1.77 bits per heavy atom. The molecule has 2 rings (SSSR count). The van der Waals surface area contributed by atoms with Gasteiger partial charge < -0.3 is 9.47 Å². The van der Waals surface area contributed by atoms with Crippen LogP contribution in [0.5, 0.6) is 11.5 Å². The molecule has 2 aromatic rings. The molecule has 2 N–H and O–H groups in total. The van der Waals surface area contributed by atoms with Crippen LogP contribution in [0, 0.1) is 0 Å². The lowest BCUT2D eigenvalue weighted by atomic mass is 10.1. The zero-order valence-electron chi connectivity index (χ0n) is 18.8. The maximum absolute atomic E-state index is 9.10. The molecule has 168 valence electrons. The molecule has 0 saturated carbocycles. The molecule has 6 heteroatoms. The van der Waals surface area contributed by atoms with Crippen LogP contribution in [0.25, 0.3) is 11.0 Å². The second-order valence-electron chi connectivity index (χ2n) is 7.89. The second kappa shape index (κ2) is 14.8. The first kappa shape index (κ1) is 24.2. The van der Waals surface area contributed by atoms with Gasteiger partial charge in [-0.05, 0) is 12.8 Å². The maximum Gasteiger partial charge on any atom is 0.168 e. The summed E-state index contributed by atoms with van der Waals surface area (Å²) >= 11 is 0. The van der Waals surface area contributed by atoms with Gasteiger partial charge in [0.05, 0.1) is 30.4 Å². The van der Waals surface area contributed by atoms with E-state index in [1.807, 2.05) is 17.6 Å². The topological polar surface area (TPSA) is 76.5 Å². The monoisotopic (exact) mass is 417 g/mol. The largest absolute Gasteiger partial charge is 0.490 e. The van der Waals surface area contributed by atoms with Crippen molar-refractivity contribution in [2.45, 2.75) is 90.9 Å². The smallest absolute Gasteiger partial charge is 0.168 e. The lowest BCUT2D eigenvalue weighted by Gasteiger charge is -2.14. The van der Waals surface area contributed by atoms with Crippen molar-refractivity contribution < 1.29 is 14.7 Å². The average molecular weight is 418 g/mol. The van der Waals surface area contributed by atoms with Gasteiger partial charge in [-0.15, -0.1) is 0 Å². The molecule has 1 aromatic heterocycles. The average Bonchev–Trinajstić information content (AvgIpc) is 2.77. The molecule has 1 aromatic carbocycles. The summed E-state index contributed by atoms with van der Waals surface area (Å²) in [6.45, 7) is 5.80. The predicted molar refractivity (Wildman–Crippen MR) is 123 cm³/mol. The van der Waals surface area contributed by atoms with Crippen molar-refractivity contribution in [3.63, 3.8) is 0 Å². The molecule has 6 nitrogen and oxygen atoms in total. The molecule has 0 saturated heterocycles. The molecule has 30 heavy (non-hydrogen) atoms. The number of hydrogen-bond acceptors (Lipinski definition) is 6. The van der Waals surface area contributed by atoms with Crippen molar-refractivity contribution in [1.29, 1.82) is 0 Å². The van der Waals surface area contributed by atoms with Gasteiger partial charge in [0.15, 0.2) is 17.3 Å². The van der Waals surface area contributed by atoms with Gasteiger partial charge in [-0.3, -0.25) is 15.7 Å². The Hall–Kier alpha value is -2.08. The van der Waals surface area contributed by atoms with E-state index in [0.717, 1.165) is 24.1 Å². The van der Waals surface area contributed by atoms with Crippen LogP contribution < -0.4 is 15.0 Å². The Labute approximate surface area is 181 Å². The van der Waals surface area contributed by atoms with Gasteiger partial charge in [0.2, 0.25) is 0 Å². The molecule has 0 amide bonds. The number of aromatic nitrogens is 2. The van der Waals surface area contributed by atoms with Crippen LogP contribution in [0.2, 0.25) is 0 Å². The van der Waals surface area contributed by atoms with Crippen molar-refractivity contribution in [1.82, 2.24) is 9.97 Å². The number of rotatable bonds is 17. The fourth-order valence-electron chi connectivity index (χ4n) is 3.43. The van der Waals surface area contributed by atoms with Crippen molar-refractivity contribution in [3.8, 4) is 11.5 Å². The van der Waals surface area contributed by atoms with Crippen LogP contribution >= 0.6 is 0 Å². The molecule has 0 spiro atoms. The van der Waals surface area contributed by atoms with E-state index in [1.54, 1.807) is 0 Å². The number of nitrogens with one attached hydrogen (secondary N) is 1. The zero-order chi connectivity index (χ0) is 21.4. The summed E-state index contributed by atoms with van der Waals surface area (Å²) in [5, 5.41) is 9.10. The Morgan fingerprint density at radius 2 is 1.23 bits per heavy atom. The van der Waals surface area contributed by atoms with Crippen LogP contribution in [0.1, 0.15) is 90.9 Å². The van der Waals surface area contributed by atoms with E-state index >= 15 is 0 Å². The van der Waals surface area contributed by atoms with Gasteiger partial charge in [0.1, 0.15) is 0 Å². The quantitative estimate of drug-likeness (QED) is 0.215. The summed E-state index contributed by atoms with van der Waals surface area (Å²) in [5.74, 6) is 1.73. The van der Waals surface area contributed by atoms with E-state index < -0.39 is 0 Å². The van der Waals surface area contributed by atoms with Crippen LogP contribution in [0.15, 0.2) is 18.3 Å². The van der Waals surface area contributed by atoms with E-state index in [-0.39, 0.29) is 0 Å².